The van der Waals surface area contributed by atoms with Crippen molar-refractivity contribution in [3.05, 3.63) is 90.8 Å². The molecular weight excluding hydrogens is 250 g/mol. The van der Waals surface area contributed by atoms with Crippen LogP contribution in [0.25, 0.3) is 0 Å². The van der Waals surface area contributed by atoms with Gasteiger partial charge in [-0.3, -0.25) is 19.7 Å². The lowest BCUT2D eigenvalue weighted by molar-refractivity contribution is 0.103. The largest absolute Gasteiger partial charge is 0.285 e. The summed E-state index contributed by atoms with van der Waals surface area (Å²) in [6, 6.07) is 16.2. The van der Waals surface area contributed by atoms with Crippen molar-refractivity contribution < 1.29 is 4.79 Å². The molecule has 0 saturated carbocycles. The molecule has 98 valence electrons. The van der Waals surface area contributed by atoms with Gasteiger partial charge in [-0.1, -0.05) is 18.2 Å². The van der Waals surface area contributed by atoms with Crippen LogP contribution in [0.4, 0.5) is 0 Å². The molecular formula is C16H13N3O. The highest BCUT2D eigenvalue weighted by Crippen LogP contribution is 2.03. The average Bonchev–Trinajstić information content (AvgIpc) is 2.58. The Kier molecular flexibility index (Phi) is 5.10. The van der Waals surface area contributed by atoms with Crippen LogP contribution < -0.4 is 0 Å². The van der Waals surface area contributed by atoms with Crippen molar-refractivity contribution in [3.63, 3.8) is 0 Å². The predicted molar refractivity (Wildman–Crippen MR) is 76.1 cm³/mol. The summed E-state index contributed by atoms with van der Waals surface area (Å²) in [6.45, 7) is 0. The smallest absolute Gasteiger partial charge is 0.229 e. The molecule has 3 aromatic heterocycles. The van der Waals surface area contributed by atoms with Gasteiger partial charge >= 0.3 is 0 Å². The summed E-state index contributed by atoms with van der Waals surface area (Å²) < 4.78 is 0. The van der Waals surface area contributed by atoms with Gasteiger partial charge < -0.3 is 0 Å². The number of aromatic nitrogens is 3. The molecule has 0 bridgehead atoms. The zero-order valence-corrected chi connectivity index (χ0v) is 10.8. The fourth-order valence-electron chi connectivity index (χ4n) is 1.44. The fraction of sp³-hybridized carbons (Fsp3) is 0. The number of hydrogen-bond acceptors (Lipinski definition) is 4. The fourth-order valence-corrected chi connectivity index (χ4v) is 1.44. The van der Waals surface area contributed by atoms with Gasteiger partial charge in [-0.05, 0) is 36.4 Å². The van der Waals surface area contributed by atoms with Crippen LogP contribution in [0.15, 0.2) is 79.4 Å². The molecule has 0 atom stereocenters. The van der Waals surface area contributed by atoms with E-state index in [1.54, 1.807) is 61.2 Å². The zero-order chi connectivity index (χ0) is 14.0. The number of ketones is 1. The minimum Gasteiger partial charge on any atom is -0.285 e. The van der Waals surface area contributed by atoms with Crippen molar-refractivity contribution in [2.45, 2.75) is 0 Å². The number of nitrogens with zero attached hydrogens (tertiary/aromatic N) is 3. The van der Waals surface area contributed by atoms with Gasteiger partial charge in [-0.2, -0.15) is 0 Å². The molecule has 0 aromatic carbocycles. The predicted octanol–water partition coefficient (Wildman–Crippen LogP) is 2.79. The van der Waals surface area contributed by atoms with Crippen molar-refractivity contribution in [2.75, 3.05) is 0 Å². The Balaban J connectivity index is 0.000000205. The first-order chi connectivity index (χ1) is 9.88. The third-order valence-electron chi connectivity index (χ3n) is 2.36. The zero-order valence-electron chi connectivity index (χ0n) is 10.8. The van der Waals surface area contributed by atoms with Crippen LogP contribution in [-0.4, -0.2) is 20.7 Å². The molecule has 0 N–H and O–H groups in total. The molecule has 20 heavy (non-hydrogen) atoms. The minimum absolute atomic E-state index is 0.147. The van der Waals surface area contributed by atoms with Gasteiger partial charge in [-0.15, -0.1) is 0 Å². The van der Waals surface area contributed by atoms with E-state index in [9.17, 15) is 4.79 Å². The second-order valence-electron chi connectivity index (χ2n) is 3.78. The van der Waals surface area contributed by atoms with E-state index in [0.717, 1.165) is 0 Å². The highest BCUT2D eigenvalue weighted by Gasteiger charge is 2.09. The molecule has 3 heterocycles. The summed E-state index contributed by atoms with van der Waals surface area (Å²) in [7, 11) is 0. The Morgan fingerprint density at radius 2 is 1.15 bits per heavy atom. The van der Waals surface area contributed by atoms with Crippen LogP contribution in [0.2, 0.25) is 0 Å². The van der Waals surface area contributed by atoms with Crippen molar-refractivity contribution in [2.24, 2.45) is 0 Å². The first kappa shape index (κ1) is 13.5. The highest BCUT2D eigenvalue weighted by atomic mass is 16.1. The molecule has 4 heteroatoms. The first-order valence-electron chi connectivity index (χ1n) is 6.09. The quantitative estimate of drug-likeness (QED) is 0.667. The second kappa shape index (κ2) is 7.53. The normalized spacial score (nSPS) is 9.20. The molecule has 0 fully saturated rings. The van der Waals surface area contributed by atoms with E-state index < -0.39 is 0 Å². The van der Waals surface area contributed by atoms with Gasteiger partial charge in [0.1, 0.15) is 11.4 Å². The Labute approximate surface area is 117 Å². The molecule has 0 unspecified atom stereocenters. The number of pyridine rings is 3. The van der Waals surface area contributed by atoms with E-state index in [1.807, 2.05) is 18.2 Å². The average molecular weight is 263 g/mol. The molecule has 0 aliphatic carbocycles. The summed E-state index contributed by atoms with van der Waals surface area (Å²) >= 11 is 0. The summed E-state index contributed by atoms with van der Waals surface area (Å²) in [4.78, 5) is 23.4. The third-order valence-corrected chi connectivity index (χ3v) is 2.36. The molecule has 0 amide bonds. The monoisotopic (exact) mass is 263 g/mol. The maximum Gasteiger partial charge on any atom is 0.229 e. The molecule has 0 aliphatic rings. The summed E-state index contributed by atoms with van der Waals surface area (Å²) in [6.07, 6.45) is 6.69. The highest BCUT2D eigenvalue weighted by molar-refractivity contribution is 6.06. The number of rotatable bonds is 2. The van der Waals surface area contributed by atoms with E-state index in [1.165, 1.54) is 0 Å². The van der Waals surface area contributed by atoms with Crippen molar-refractivity contribution >= 4 is 5.78 Å². The SMILES string of the molecule is O=C(c1ccccn1)c1ccccn1.c1ccncc1. The third kappa shape index (κ3) is 4.10. The van der Waals surface area contributed by atoms with Crippen LogP contribution in [0.1, 0.15) is 16.2 Å². The van der Waals surface area contributed by atoms with Crippen molar-refractivity contribution in [3.8, 4) is 0 Å². The van der Waals surface area contributed by atoms with Gasteiger partial charge in [-0.25, -0.2) is 0 Å². The van der Waals surface area contributed by atoms with Crippen LogP contribution >= 0.6 is 0 Å². The standard InChI is InChI=1S/C11H8N2O.C5H5N/c14-11(9-5-1-3-7-12-9)10-6-2-4-8-13-10;1-2-4-6-5-3-1/h1-8H;1-5H. The van der Waals surface area contributed by atoms with Gasteiger partial charge in [0, 0.05) is 24.8 Å². The van der Waals surface area contributed by atoms with Gasteiger partial charge in [0.25, 0.3) is 0 Å². The Morgan fingerprint density at radius 3 is 1.45 bits per heavy atom. The molecule has 4 nitrogen and oxygen atoms in total. The van der Waals surface area contributed by atoms with Crippen molar-refractivity contribution in [1.29, 1.82) is 0 Å². The van der Waals surface area contributed by atoms with E-state index in [0.29, 0.717) is 11.4 Å². The molecule has 0 radical (unpaired) electrons. The minimum atomic E-state index is -0.147. The van der Waals surface area contributed by atoms with Gasteiger partial charge in [0.15, 0.2) is 0 Å². The Bertz CT molecular complexity index is 559. The summed E-state index contributed by atoms with van der Waals surface area (Å²) in [5.74, 6) is -0.147. The van der Waals surface area contributed by atoms with Gasteiger partial charge in [0.05, 0.1) is 0 Å². The molecule has 3 rings (SSSR count). The summed E-state index contributed by atoms with van der Waals surface area (Å²) in [5.41, 5.74) is 0.845. The maximum atomic E-state index is 11.7. The first-order valence-corrected chi connectivity index (χ1v) is 6.09. The van der Waals surface area contributed by atoms with E-state index in [2.05, 4.69) is 15.0 Å². The van der Waals surface area contributed by atoms with Crippen LogP contribution in [0.5, 0.6) is 0 Å². The van der Waals surface area contributed by atoms with Gasteiger partial charge in [0.2, 0.25) is 5.78 Å². The topological polar surface area (TPSA) is 55.7 Å². The lowest BCUT2D eigenvalue weighted by Crippen LogP contribution is -2.05. The number of carbonyl (C=O) groups excluding carboxylic acids is 1. The summed E-state index contributed by atoms with van der Waals surface area (Å²) in [5, 5.41) is 0. The van der Waals surface area contributed by atoms with E-state index >= 15 is 0 Å². The Hall–Kier alpha value is -2.88. The maximum absolute atomic E-state index is 11.7. The molecule has 0 saturated heterocycles. The number of hydrogen-bond donors (Lipinski definition) is 0. The van der Waals surface area contributed by atoms with Crippen molar-refractivity contribution in [1.82, 2.24) is 15.0 Å². The molecule has 3 aromatic rings. The lowest BCUT2D eigenvalue weighted by Gasteiger charge is -1.97. The molecule has 0 aliphatic heterocycles. The lowest BCUT2D eigenvalue weighted by atomic mass is 10.2. The second-order valence-corrected chi connectivity index (χ2v) is 3.78. The molecule has 0 spiro atoms. The van der Waals surface area contributed by atoms with Crippen LogP contribution in [0.3, 0.4) is 0 Å². The number of carbonyl (C=O) groups is 1. The van der Waals surface area contributed by atoms with Crippen LogP contribution in [0, 0.1) is 0 Å². The Morgan fingerprint density at radius 1 is 0.650 bits per heavy atom. The van der Waals surface area contributed by atoms with E-state index in [4.69, 9.17) is 0 Å². The van der Waals surface area contributed by atoms with E-state index in [-0.39, 0.29) is 5.78 Å². The van der Waals surface area contributed by atoms with Crippen LogP contribution in [-0.2, 0) is 0 Å².